The molecule has 0 amide bonds. The average molecular weight is 1430 g/mol. The Morgan fingerprint density at radius 2 is 0.764 bits per heavy atom. The molecule has 0 N–H and O–H groups in total. The van der Waals surface area contributed by atoms with Crippen molar-refractivity contribution in [2.45, 2.75) is 22.1 Å². The van der Waals surface area contributed by atoms with Crippen LogP contribution in [0.25, 0.3) is 22.3 Å². The highest BCUT2D eigenvalue weighted by Crippen LogP contribution is 2.56. The maximum Gasteiger partial charge on any atom is 0.419 e. The van der Waals surface area contributed by atoms with Crippen molar-refractivity contribution in [1.29, 1.82) is 0 Å². The van der Waals surface area contributed by atoms with Crippen molar-refractivity contribution in [2.24, 2.45) is 0 Å². The van der Waals surface area contributed by atoms with Gasteiger partial charge >= 0.3 is 12.4 Å². The van der Waals surface area contributed by atoms with Gasteiger partial charge in [0.2, 0.25) is 6.71 Å². The van der Waals surface area contributed by atoms with Crippen LogP contribution in [0.4, 0.5) is 138 Å². The van der Waals surface area contributed by atoms with Crippen LogP contribution in [0, 0.1) is 34.9 Å². The zero-order chi connectivity index (χ0) is 72.6. The number of halogens is 12. The molecule has 14 aromatic rings. The second-order valence-corrected chi connectivity index (χ2v) is 27.1. The number of fused-ring (bicyclic) bond motifs is 8. The fourth-order valence-electron chi connectivity index (χ4n) is 15.8. The number of rotatable bonds is 11. The van der Waals surface area contributed by atoms with E-state index in [-0.39, 0.29) is 77.1 Å². The summed E-state index contributed by atoms with van der Waals surface area (Å²) in [6, 6.07) is 77.1. The highest BCUT2D eigenvalue weighted by Gasteiger charge is 2.53. The molecule has 14 aromatic carbocycles. The fourth-order valence-corrected chi connectivity index (χ4v) is 17.1. The standard InChI is InChI=1S/C86H49B2F12N5S/c89-64-28-16-29-65(90)81(64)102(54-23-8-3-9-24-54)57-45-73-78-74(46-57)104(82-66(91)30-17-31-67(82)92)71-35-14-11-26-60(71)87(78)62-49-63-84(77(86(98,99)100)80(62)103(73)56-43-39-53(40-44-56)85(95,96)97)106-76-48-58(47-75-79(76)88(63)61-27-12-15-36-72(61)105(75)83-68(93)32-18-33-69(83)94)101(55-41-37-51(38-42-55)50-19-4-1-5-20-50)70-34-13-10-25-59(70)52-21-6-2-7-22-52/h1-49H. The summed E-state index contributed by atoms with van der Waals surface area (Å²) >= 11 is 0.762. The predicted molar refractivity (Wildman–Crippen MR) is 400 cm³/mol. The van der Waals surface area contributed by atoms with Crippen LogP contribution < -0.4 is 57.3 Å². The number of anilines is 15. The molecule has 4 heterocycles. The summed E-state index contributed by atoms with van der Waals surface area (Å²) in [7, 11) is 0. The summed E-state index contributed by atoms with van der Waals surface area (Å²) in [5, 5.41) is 0. The van der Waals surface area contributed by atoms with Crippen molar-refractivity contribution in [3.63, 3.8) is 0 Å². The van der Waals surface area contributed by atoms with Gasteiger partial charge < -0.3 is 24.5 Å². The van der Waals surface area contributed by atoms with Gasteiger partial charge in [0.25, 0.3) is 6.71 Å². The second-order valence-electron chi connectivity index (χ2n) is 26.0. The van der Waals surface area contributed by atoms with E-state index in [9.17, 15) is 13.2 Å². The van der Waals surface area contributed by atoms with E-state index >= 15 is 39.5 Å². The number of nitrogens with zero attached hydrogens (tertiary/aromatic N) is 5. The van der Waals surface area contributed by atoms with E-state index in [4.69, 9.17) is 0 Å². The first kappa shape index (κ1) is 65.7. The second kappa shape index (κ2) is 25.3. The minimum absolute atomic E-state index is 0.0569. The smallest absolute Gasteiger partial charge is 0.311 e. The van der Waals surface area contributed by atoms with Crippen LogP contribution in [-0.2, 0) is 12.4 Å². The molecule has 0 saturated carbocycles. The molecule has 0 saturated heterocycles. The lowest BCUT2D eigenvalue weighted by Crippen LogP contribution is -2.65. The molecule has 0 fully saturated rings. The monoisotopic (exact) mass is 1430 g/mol. The van der Waals surface area contributed by atoms with Gasteiger partial charge in [0.05, 0.1) is 28.2 Å². The molecule has 5 nitrogen and oxygen atoms in total. The minimum Gasteiger partial charge on any atom is -0.311 e. The molecule has 0 aromatic heterocycles. The van der Waals surface area contributed by atoms with Gasteiger partial charge in [0.1, 0.15) is 52.0 Å². The van der Waals surface area contributed by atoms with Gasteiger partial charge in [-0.2, -0.15) is 26.3 Å². The summed E-state index contributed by atoms with van der Waals surface area (Å²) < 4.78 is 202. The van der Waals surface area contributed by atoms with Crippen LogP contribution in [0.3, 0.4) is 0 Å². The molecule has 0 spiro atoms. The molecule has 0 unspecified atom stereocenters. The molecule has 106 heavy (non-hydrogen) atoms. The zero-order valence-electron chi connectivity index (χ0n) is 55.1. The van der Waals surface area contributed by atoms with E-state index in [1.807, 2.05) is 114 Å². The Bertz CT molecular complexity index is 5810. The number of para-hydroxylation sites is 7. The van der Waals surface area contributed by atoms with Crippen LogP contribution in [0.2, 0.25) is 0 Å². The highest BCUT2D eigenvalue weighted by atomic mass is 32.2. The van der Waals surface area contributed by atoms with Crippen LogP contribution in [0.15, 0.2) is 307 Å². The van der Waals surface area contributed by atoms with Crippen LogP contribution >= 0.6 is 11.8 Å². The molecule has 4 aliphatic rings. The van der Waals surface area contributed by atoms with E-state index in [2.05, 4.69) is 0 Å². The first-order valence-corrected chi connectivity index (χ1v) is 34.6. The van der Waals surface area contributed by atoms with E-state index in [0.717, 1.165) is 107 Å². The minimum atomic E-state index is -5.40. The van der Waals surface area contributed by atoms with Crippen molar-refractivity contribution in [1.82, 2.24) is 0 Å². The van der Waals surface area contributed by atoms with Crippen molar-refractivity contribution in [3.8, 4) is 22.3 Å². The molecule has 0 radical (unpaired) electrons. The Kier molecular flexibility index (Phi) is 15.7. The molecule has 0 aliphatic carbocycles. The summed E-state index contributed by atoms with van der Waals surface area (Å²) in [4.78, 5) is 6.94. The molecule has 0 atom stereocenters. The molecule has 0 bridgehead atoms. The van der Waals surface area contributed by atoms with Crippen molar-refractivity contribution in [3.05, 3.63) is 343 Å². The SMILES string of the molecule is Fc1cccc(F)c1N(c1ccccc1)c1cc2c3c(c1)N(c1c(F)cccc1F)c1ccccc1B3c1cc3c(c(C(F)(F)F)c1N2c1ccc(C(F)(F)F)cc1)Sc1cc(N(c2ccc(-c4ccccc4)cc2)c2ccccc2-c2ccccc2)cc2c1B3c1ccccc1N2c1c(F)cccc1F. The molecular weight excluding hydrogens is 1380 g/mol. The first-order chi connectivity index (χ1) is 51.4. The van der Waals surface area contributed by atoms with Crippen LogP contribution in [0.5, 0.6) is 0 Å². The predicted octanol–water partition coefficient (Wildman–Crippen LogP) is 21.7. The maximum atomic E-state index is 18.3. The Balaban J connectivity index is 0.967. The summed E-state index contributed by atoms with van der Waals surface area (Å²) in [5.74, 6) is -6.19. The molecular formula is C86H49B2F12N5S. The highest BCUT2D eigenvalue weighted by molar-refractivity contribution is 8.00. The third kappa shape index (κ3) is 10.6. The van der Waals surface area contributed by atoms with E-state index in [1.165, 1.54) is 49.9 Å². The number of benzene rings is 14. The quantitative estimate of drug-likeness (QED) is 0.0941. The molecule has 4 aliphatic heterocycles. The number of alkyl halides is 6. The first-order valence-electron chi connectivity index (χ1n) is 33.7. The van der Waals surface area contributed by atoms with E-state index in [1.54, 1.807) is 84.9 Å². The van der Waals surface area contributed by atoms with Gasteiger partial charge in [0, 0.05) is 66.5 Å². The molecule has 514 valence electrons. The summed E-state index contributed by atoms with van der Waals surface area (Å²) in [5.41, 5.74) is 1.29. The third-order valence-corrected chi connectivity index (χ3v) is 21.3. The van der Waals surface area contributed by atoms with Gasteiger partial charge in [-0.3, -0.25) is 0 Å². The molecule has 18 rings (SSSR count). The largest absolute Gasteiger partial charge is 0.419 e. The van der Waals surface area contributed by atoms with Crippen molar-refractivity contribution in [2.75, 3.05) is 24.5 Å². The fraction of sp³-hybridized carbons (Fsp3) is 0.0233. The Morgan fingerprint density at radius 3 is 1.32 bits per heavy atom. The lowest BCUT2D eigenvalue weighted by atomic mass is 9.30. The lowest BCUT2D eigenvalue weighted by Gasteiger charge is -2.47. The van der Waals surface area contributed by atoms with E-state index < -0.39 is 94.6 Å². The number of hydrogen-bond acceptors (Lipinski definition) is 6. The Labute approximate surface area is 604 Å². The van der Waals surface area contributed by atoms with Crippen LogP contribution in [0.1, 0.15) is 11.1 Å². The Hall–Kier alpha value is -12.3. The summed E-state index contributed by atoms with van der Waals surface area (Å²) in [6.45, 7) is -2.55. The van der Waals surface area contributed by atoms with Crippen molar-refractivity contribution < 1.29 is 52.7 Å². The lowest BCUT2D eigenvalue weighted by molar-refractivity contribution is -0.139. The van der Waals surface area contributed by atoms with Gasteiger partial charge in [-0.15, -0.1) is 0 Å². The average Bonchev–Trinajstić information content (AvgIpc) is 0.679. The third-order valence-electron chi connectivity index (χ3n) is 20.1. The number of hydrogen-bond donors (Lipinski definition) is 0. The normalized spacial score (nSPS) is 13.2. The molecule has 20 heteroatoms. The topological polar surface area (TPSA) is 16.2 Å². The van der Waals surface area contributed by atoms with Gasteiger partial charge in [-0.25, -0.2) is 26.3 Å². The van der Waals surface area contributed by atoms with Gasteiger partial charge in [-0.05, 0) is 171 Å². The zero-order valence-corrected chi connectivity index (χ0v) is 55.9. The van der Waals surface area contributed by atoms with Gasteiger partial charge in [-0.1, -0.05) is 187 Å². The van der Waals surface area contributed by atoms with Gasteiger partial charge in [0.15, 0.2) is 0 Å². The van der Waals surface area contributed by atoms with Crippen LogP contribution in [-0.4, -0.2) is 13.4 Å². The van der Waals surface area contributed by atoms with E-state index in [0.29, 0.717) is 28.0 Å². The maximum absolute atomic E-state index is 18.3. The summed E-state index contributed by atoms with van der Waals surface area (Å²) in [6.07, 6.45) is -10.3. The Morgan fingerprint density at radius 1 is 0.311 bits per heavy atom. The van der Waals surface area contributed by atoms with Crippen molar-refractivity contribution >= 4 is 143 Å².